The summed E-state index contributed by atoms with van der Waals surface area (Å²) < 4.78 is 0. The maximum absolute atomic E-state index is 11.8. The summed E-state index contributed by atoms with van der Waals surface area (Å²) in [6.45, 7) is 12.5. The fourth-order valence-corrected chi connectivity index (χ4v) is 2.07. The number of nitrogens with one attached hydrogen (secondary N) is 1. The van der Waals surface area contributed by atoms with Gasteiger partial charge in [-0.25, -0.2) is 0 Å². The van der Waals surface area contributed by atoms with Gasteiger partial charge in [0.2, 0.25) is 5.91 Å². The van der Waals surface area contributed by atoms with Gasteiger partial charge in [-0.1, -0.05) is 47.5 Å². The first-order chi connectivity index (χ1) is 8.81. The molecule has 0 aliphatic carbocycles. The molecule has 0 aliphatic heterocycles. The molecule has 0 heterocycles. The van der Waals surface area contributed by atoms with Crippen molar-refractivity contribution < 1.29 is 4.79 Å². The number of nitrogens with two attached hydrogens (primary N) is 1. The van der Waals surface area contributed by atoms with E-state index in [1.165, 1.54) is 12.8 Å². The minimum atomic E-state index is 0.189. The lowest BCUT2D eigenvalue weighted by atomic mass is 9.82. The minimum Gasteiger partial charge on any atom is -0.356 e. The Hall–Kier alpha value is -0.570. The van der Waals surface area contributed by atoms with Crippen molar-refractivity contribution >= 4 is 5.91 Å². The van der Waals surface area contributed by atoms with Crippen molar-refractivity contribution in [3.8, 4) is 0 Å². The van der Waals surface area contributed by atoms with Gasteiger partial charge in [-0.3, -0.25) is 4.79 Å². The van der Waals surface area contributed by atoms with Crippen molar-refractivity contribution in [2.45, 2.75) is 66.7 Å². The minimum absolute atomic E-state index is 0.189. The monoisotopic (exact) mass is 270 g/mol. The topological polar surface area (TPSA) is 55.1 Å². The average molecular weight is 270 g/mol. The maximum atomic E-state index is 11.8. The Labute approximate surface area is 119 Å². The third-order valence-corrected chi connectivity index (χ3v) is 4.14. The van der Waals surface area contributed by atoms with Crippen molar-refractivity contribution in [2.24, 2.45) is 23.0 Å². The highest BCUT2D eigenvalue weighted by atomic mass is 16.1. The molecule has 0 saturated heterocycles. The van der Waals surface area contributed by atoms with E-state index in [-0.39, 0.29) is 11.3 Å². The van der Waals surface area contributed by atoms with Gasteiger partial charge in [-0.15, -0.1) is 0 Å². The standard InChI is InChI=1S/C16H34N2O/c1-6-7-14(10-11-17)8-9-15(19)18-12-13(2)16(3,4)5/h13-14H,6-12,17H2,1-5H3,(H,18,19). The second kappa shape index (κ2) is 9.35. The SMILES string of the molecule is CCCC(CCN)CCC(=O)NCC(C)C(C)(C)C. The van der Waals surface area contributed by atoms with Crippen LogP contribution in [0.5, 0.6) is 0 Å². The molecule has 3 heteroatoms. The Morgan fingerprint density at radius 1 is 1.21 bits per heavy atom. The Balaban J connectivity index is 3.91. The molecule has 0 radical (unpaired) electrons. The van der Waals surface area contributed by atoms with Crippen LogP contribution in [-0.2, 0) is 4.79 Å². The van der Waals surface area contributed by atoms with Crippen LogP contribution in [0.3, 0.4) is 0 Å². The molecule has 2 unspecified atom stereocenters. The van der Waals surface area contributed by atoms with E-state index >= 15 is 0 Å². The zero-order valence-electron chi connectivity index (χ0n) is 13.6. The van der Waals surface area contributed by atoms with Crippen molar-refractivity contribution in [2.75, 3.05) is 13.1 Å². The summed E-state index contributed by atoms with van der Waals surface area (Å²) in [6.07, 6.45) is 5.01. The van der Waals surface area contributed by atoms with Crippen molar-refractivity contribution in [1.82, 2.24) is 5.32 Å². The number of carbonyl (C=O) groups is 1. The van der Waals surface area contributed by atoms with E-state index in [2.05, 4.69) is 39.9 Å². The smallest absolute Gasteiger partial charge is 0.220 e. The predicted octanol–water partition coefficient (Wildman–Crippen LogP) is 3.33. The first-order valence-corrected chi connectivity index (χ1v) is 7.78. The molecule has 0 aromatic carbocycles. The quantitative estimate of drug-likeness (QED) is 0.675. The molecule has 0 bridgehead atoms. The molecule has 3 nitrogen and oxygen atoms in total. The van der Waals surface area contributed by atoms with Crippen LogP contribution in [0.1, 0.15) is 66.7 Å². The van der Waals surface area contributed by atoms with E-state index in [0.29, 0.717) is 18.3 Å². The number of amides is 1. The zero-order valence-corrected chi connectivity index (χ0v) is 13.6. The molecule has 3 N–H and O–H groups in total. The van der Waals surface area contributed by atoms with Gasteiger partial charge in [0.05, 0.1) is 0 Å². The molecule has 1 amide bonds. The summed E-state index contributed by atoms with van der Waals surface area (Å²) in [5.41, 5.74) is 5.86. The summed E-state index contributed by atoms with van der Waals surface area (Å²) in [5, 5.41) is 3.06. The first kappa shape index (κ1) is 18.4. The van der Waals surface area contributed by atoms with Gasteiger partial charge in [0, 0.05) is 13.0 Å². The molecule has 0 rings (SSSR count). The molecule has 0 aliphatic rings. The van der Waals surface area contributed by atoms with Crippen LogP contribution in [-0.4, -0.2) is 19.0 Å². The highest BCUT2D eigenvalue weighted by molar-refractivity contribution is 5.75. The molecule has 2 atom stereocenters. The van der Waals surface area contributed by atoms with E-state index in [9.17, 15) is 4.79 Å². The van der Waals surface area contributed by atoms with Crippen molar-refractivity contribution in [3.05, 3.63) is 0 Å². The van der Waals surface area contributed by atoms with Gasteiger partial charge >= 0.3 is 0 Å². The van der Waals surface area contributed by atoms with E-state index in [1.807, 2.05) is 0 Å². The van der Waals surface area contributed by atoms with E-state index in [4.69, 9.17) is 5.73 Å². The van der Waals surface area contributed by atoms with Crippen LogP contribution >= 0.6 is 0 Å². The lowest BCUT2D eigenvalue weighted by Crippen LogP contribution is -2.33. The summed E-state index contributed by atoms with van der Waals surface area (Å²) >= 11 is 0. The van der Waals surface area contributed by atoms with Gasteiger partial charge < -0.3 is 11.1 Å². The summed E-state index contributed by atoms with van der Waals surface area (Å²) in [7, 11) is 0. The first-order valence-electron chi connectivity index (χ1n) is 7.78. The summed E-state index contributed by atoms with van der Waals surface area (Å²) in [6, 6.07) is 0. The molecule has 0 spiro atoms. The number of hydrogen-bond acceptors (Lipinski definition) is 2. The average Bonchev–Trinajstić information content (AvgIpc) is 2.32. The second-order valence-electron chi connectivity index (χ2n) is 6.84. The Morgan fingerprint density at radius 2 is 1.84 bits per heavy atom. The maximum Gasteiger partial charge on any atom is 0.220 e. The van der Waals surface area contributed by atoms with Crippen LogP contribution < -0.4 is 11.1 Å². The van der Waals surface area contributed by atoms with Gasteiger partial charge in [-0.2, -0.15) is 0 Å². The van der Waals surface area contributed by atoms with Gasteiger partial charge in [0.15, 0.2) is 0 Å². The molecule has 19 heavy (non-hydrogen) atoms. The second-order valence-corrected chi connectivity index (χ2v) is 6.84. The third-order valence-electron chi connectivity index (χ3n) is 4.14. The van der Waals surface area contributed by atoms with Crippen LogP contribution in [0, 0.1) is 17.3 Å². The van der Waals surface area contributed by atoms with E-state index < -0.39 is 0 Å². The fourth-order valence-electron chi connectivity index (χ4n) is 2.07. The normalized spacial score (nSPS) is 15.1. The fraction of sp³-hybridized carbons (Fsp3) is 0.938. The summed E-state index contributed by atoms with van der Waals surface area (Å²) in [5.74, 6) is 1.29. The molecular formula is C16H34N2O. The van der Waals surface area contributed by atoms with Crippen molar-refractivity contribution in [1.29, 1.82) is 0 Å². The van der Waals surface area contributed by atoms with Gasteiger partial charge in [0.25, 0.3) is 0 Å². The van der Waals surface area contributed by atoms with Crippen LogP contribution in [0.2, 0.25) is 0 Å². The van der Waals surface area contributed by atoms with Crippen LogP contribution in [0.15, 0.2) is 0 Å². The Kier molecular flexibility index (Phi) is 9.07. The summed E-state index contributed by atoms with van der Waals surface area (Å²) in [4.78, 5) is 11.8. The molecule has 0 aromatic heterocycles. The molecule has 114 valence electrons. The third kappa shape index (κ3) is 9.04. The molecule has 0 aromatic rings. The van der Waals surface area contributed by atoms with Crippen LogP contribution in [0.4, 0.5) is 0 Å². The van der Waals surface area contributed by atoms with E-state index in [0.717, 1.165) is 25.9 Å². The highest BCUT2D eigenvalue weighted by Crippen LogP contribution is 2.24. The highest BCUT2D eigenvalue weighted by Gasteiger charge is 2.20. The number of carbonyl (C=O) groups excluding carboxylic acids is 1. The van der Waals surface area contributed by atoms with Gasteiger partial charge in [-0.05, 0) is 36.6 Å². The lowest BCUT2D eigenvalue weighted by molar-refractivity contribution is -0.121. The predicted molar refractivity (Wildman–Crippen MR) is 82.9 cm³/mol. The largest absolute Gasteiger partial charge is 0.356 e. The van der Waals surface area contributed by atoms with Crippen LogP contribution in [0.25, 0.3) is 0 Å². The zero-order chi connectivity index (χ0) is 14.9. The number of rotatable bonds is 9. The Morgan fingerprint density at radius 3 is 2.32 bits per heavy atom. The molecule has 0 saturated carbocycles. The lowest BCUT2D eigenvalue weighted by Gasteiger charge is -2.27. The van der Waals surface area contributed by atoms with Crippen molar-refractivity contribution in [3.63, 3.8) is 0 Å². The van der Waals surface area contributed by atoms with E-state index in [1.54, 1.807) is 0 Å². The molecular weight excluding hydrogens is 236 g/mol. The number of hydrogen-bond donors (Lipinski definition) is 2. The molecule has 0 fully saturated rings. The Bertz CT molecular complexity index is 240. The van der Waals surface area contributed by atoms with Gasteiger partial charge in [0.1, 0.15) is 0 Å².